The van der Waals surface area contributed by atoms with Gasteiger partial charge in [-0.2, -0.15) is 0 Å². The first-order valence-corrected chi connectivity index (χ1v) is 8.29. The number of nitrogens with zero attached hydrogens (tertiary/aromatic N) is 1. The van der Waals surface area contributed by atoms with Crippen molar-refractivity contribution in [1.29, 1.82) is 0 Å². The van der Waals surface area contributed by atoms with Gasteiger partial charge in [0, 0.05) is 30.4 Å². The van der Waals surface area contributed by atoms with Gasteiger partial charge in [-0.3, -0.25) is 4.79 Å². The van der Waals surface area contributed by atoms with Crippen molar-refractivity contribution >= 4 is 17.5 Å². The molecular weight excluding hydrogens is 320 g/mol. The van der Waals surface area contributed by atoms with E-state index in [1.165, 1.54) is 0 Å². The SMILES string of the molecule is O=C(NCc1ccc(Cl)cc1)C(Cc1ccccc1)n1cccc1. The number of hydrogen-bond acceptors (Lipinski definition) is 1. The van der Waals surface area contributed by atoms with E-state index in [-0.39, 0.29) is 11.9 Å². The van der Waals surface area contributed by atoms with Gasteiger partial charge in [0.05, 0.1) is 0 Å². The monoisotopic (exact) mass is 338 g/mol. The highest BCUT2D eigenvalue weighted by Crippen LogP contribution is 2.16. The molecule has 0 saturated heterocycles. The summed E-state index contributed by atoms with van der Waals surface area (Å²) in [5.41, 5.74) is 2.16. The van der Waals surface area contributed by atoms with Gasteiger partial charge < -0.3 is 9.88 Å². The molecule has 0 fully saturated rings. The number of halogens is 1. The van der Waals surface area contributed by atoms with Crippen LogP contribution in [0, 0.1) is 0 Å². The highest BCUT2D eigenvalue weighted by molar-refractivity contribution is 6.30. The second-order valence-corrected chi connectivity index (χ2v) is 6.12. The molecule has 1 unspecified atom stereocenters. The van der Waals surface area contributed by atoms with Gasteiger partial charge in [0.15, 0.2) is 0 Å². The summed E-state index contributed by atoms with van der Waals surface area (Å²) in [4.78, 5) is 12.7. The average Bonchev–Trinajstić information content (AvgIpc) is 3.14. The van der Waals surface area contributed by atoms with Crippen LogP contribution in [0.15, 0.2) is 79.1 Å². The molecule has 3 aromatic rings. The van der Waals surface area contributed by atoms with E-state index in [0.29, 0.717) is 18.0 Å². The first kappa shape index (κ1) is 16.3. The smallest absolute Gasteiger partial charge is 0.243 e. The van der Waals surface area contributed by atoms with Crippen LogP contribution >= 0.6 is 11.6 Å². The molecule has 1 aromatic heterocycles. The van der Waals surface area contributed by atoms with Gasteiger partial charge in [-0.15, -0.1) is 0 Å². The molecule has 0 aliphatic rings. The van der Waals surface area contributed by atoms with Crippen LogP contribution in [-0.4, -0.2) is 10.5 Å². The quantitative estimate of drug-likeness (QED) is 0.716. The van der Waals surface area contributed by atoms with Gasteiger partial charge in [-0.25, -0.2) is 0 Å². The fourth-order valence-corrected chi connectivity index (χ4v) is 2.76. The van der Waals surface area contributed by atoms with Crippen molar-refractivity contribution < 1.29 is 4.79 Å². The largest absolute Gasteiger partial charge is 0.350 e. The molecule has 0 aliphatic carbocycles. The second-order valence-electron chi connectivity index (χ2n) is 5.68. The van der Waals surface area contributed by atoms with Crippen molar-refractivity contribution in [1.82, 2.24) is 9.88 Å². The molecule has 1 atom stereocenters. The van der Waals surface area contributed by atoms with E-state index in [1.54, 1.807) is 0 Å². The van der Waals surface area contributed by atoms with Crippen LogP contribution in [0.4, 0.5) is 0 Å². The van der Waals surface area contributed by atoms with Gasteiger partial charge in [0.25, 0.3) is 0 Å². The fourth-order valence-electron chi connectivity index (χ4n) is 2.64. The Bertz CT molecular complexity index is 767. The summed E-state index contributed by atoms with van der Waals surface area (Å²) in [6.45, 7) is 0.489. The number of hydrogen-bond donors (Lipinski definition) is 1. The summed E-state index contributed by atoms with van der Waals surface area (Å²) in [5.74, 6) is 0.00463. The highest BCUT2D eigenvalue weighted by Gasteiger charge is 2.19. The first-order valence-electron chi connectivity index (χ1n) is 7.91. The van der Waals surface area contributed by atoms with Crippen molar-refractivity contribution in [2.75, 3.05) is 0 Å². The number of aromatic nitrogens is 1. The molecule has 3 rings (SSSR count). The summed E-state index contributed by atoms with van der Waals surface area (Å²) in [5, 5.41) is 3.72. The molecule has 0 spiro atoms. The van der Waals surface area contributed by atoms with E-state index in [1.807, 2.05) is 83.7 Å². The van der Waals surface area contributed by atoms with Crippen LogP contribution < -0.4 is 5.32 Å². The first-order chi connectivity index (χ1) is 11.7. The van der Waals surface area contributed by atoms with Gasteiger partial charge in [0.1, 0.15) is 6.04 Å². The zero-order valence-electron chi connectivity index (χ0n) is 13.2. The molecule has 1 N–H and O–H groups in total. The number of carbonyl (C=O) groups excluding carboxylic acids is 1. The van der Waals surface area contributed by atoms with Crippen molar-refractivity contribution in [3.8, 4) is 0 Å². The van der Waals surface area contributed by atoms with Gasteiger partial charge in [-0.1, -0.05) is 54.1 Å². The predicted octanol–water partition coefficient (Wildman–Crippen LogP) is 4.24. The summed E-state index contributed by atoms with van der Waals surface area (Å²) in [6.07, 6.45) is 4.51. The lowest BCUT2D eigenvalue weighted by molar-refractivity contribution is -0.124. The van der Waals surface area contributed by atoms with Crippen LogP contribution in [0.2, 0.25) is 5.02 Å². The maximum absolute atomic E-state index is 12.7. The molecule has 3 nitrogen and oxygen atoms in total. The third-order valence-corrected chi connectivity index (χ3v) is 4.19. The number of carbonyl (C=O) groups is 1. The minimum atomic E-state index is -0.269. The number of nitrogens with one attached hydrogen (secondary N) is 1. The van der Waals surface area contributed by atoms with E-state index >= 15 is 0 Å². The minimum absolute atomic E-state index is 0.00463. The Morgan fingerprint density at radius 1 is 0.917 bits per heavy atom. The predicted molar refractivity (Wildman–Crippen MR) is 96.9 cm³/mol. The molecule has 0 radical (unpaired) electrons. The molecule has 24 heavy (non-hydrogen) atoms. The average molecular weight is 339 g/mol. The lowest BCUT2D eigenvalue weighted by Crippen LogP contribution is -2.33. The maximum Gasteiger partial charge on any atom is 0.243 e. The minimum Gasteiger partial charge on any atom is -0.350 e. The molecular formula is C20H19ClN2O. The normalized spacial score (nSPS) is 11.9. The Kier molecular flexibility index (Phi) is 5.34. The Morgan fingerprint density at radius 2 is 1.58 bits per heavy atom. The Balaban J connectivity index is 1.70. The standard InChI is InChI=1S/C20H19ClN2O/c21-18-10-8-17(9-11-18)15-22-20(24)19(23-12-4-5-13-23)14-16-6-2-1-3-7-16/h1-13,19H,14-15H2,(H,22,24). The molecule has 1 amide bonds. The molecule has 2 aromatic carbocycles. The van der Waals surface area contributed by atoms with Crippen molar-refractivity contribution in [2.45, 2.75) is 19.0 Å². The van der Waals surface area contributed by atoms with Crippen molar-refractivity contribution in [2.24, 2.45) is 0 Å². The number of benzene rings is 2. The third kappa shape index (κ3) is 4.27. The van der Waals surface area contributed by atoms with Crippen molar-refractivity contribution in [3.05, 3.63) is 95.3 Å². The number of rotatable bonds is 6. The van der Waals surface area contributed by atoms with Gasteiger partial charge in [0.2, 0.25) is 5.91 Å². The lowest BCUT2D eigenvalue weighted by Gasteiger charge is -2.19. The Labute approximate surface area is 146 Å². The Hall–Kier alpha value is -2.52. The summed E-state index contributed by atoms with van der Waals surface area (Å²) < 4.78 is 1.95. The van der Waals surface area contributed by atoms with Crippen LogP contribution in [0.3, 0.4) is 0 Å². The van der Waals surface area contributed by atoms with E-state index < -0.39 is 0 Å². The highest BCUT2D eigenvalue weighted by atomic mass is 35.5. The van der Waals surface area contributed by atoms with E-state index in [4.69, 9.17) is 11.6 Å². The maximum atomic E-state index is 12.7. The number of amides is 1. The van der Waals surface area contributed by atoms with Gasteiger partial charge >= 0.3 is 0 Å². The summed E-state index contributed by atoms with van der Waals surface area (Å²) in [6, 6.07) is 21.2. The molecule has 0 aliphatic heterocycles. The van der Waals surface area contributed by atoms with Crippen LogP contribution in [-0.2, 0) is 17.8 Å². The molecule has 0 bridgehead atoms. The van der Waals surface area contributed by atoms with Crippen molar-refractivity contribution in [3.63, 3.8) is 0 Å². The van der Waals surface area contributed by atoms with Crippen LogP contribution in [0.5, 0.6) is 0 Å². The second kappa shape index (κ2) is 7.84. The zero-order valence-corrected chi connectivity index (χ0v) is 14.0. The summed E-state index contributed by atoms with van der Waals surface area (Å²) in [7, 11) is 0. The zero-order chi connectivity index (χ0) is 16.8. The molecule has 4 heteroatoms. The fraction of sp³-hybridized carbons (Fsp3) is 0.150. The van der Waals surface area contributed by atoms with Crippen LogP contribution in [0.25, 0.3) is 0 Å². The lowest BCUT2D eigenvalue weighted by atomic mass is 10.0. The van der Waals surface area contributed by atoms with Crippen LogP contribution in [0.1, 0.15) is 17.2 Å². The van der Waals surface area contributed by atoms with E-state index in [0.717, 1.165) is 11.1 Å². The van der Waals surface area contributed by atoms with Gasteiger partial charge in [-0.05, 0) is 35.4 Å². The van der Waals surface area contributed by atoms with E-state index in [9.17, 15) is 4.79 Å². The third-order valence-electron chi connectivity index (χ3n) is 3.94. The molecule has 122 valence electrons. The molecule has 1 heterocycles. The van der Waals surface area contributed by atoms with E-state index in [2.05, 4.69) is 5.32 Å². The topological polar surface area (TPSA) is 34.0 Å². The summed E-state index contributed by atoms with van der Waals surface area (Å²) >= 11 is 5.89. The Morgan fingerprint density at radius 3 is 2.25 bits per heavy atom. The molecule has 0 saturated carbocycles.